The van der Waals surface area contributed by atoms with Gasteiger partial charge in [-0.25, -0.2) is 4.68 Å². The Hall–Kier alpha value is -2.91. The van der Waals surface area contributed by atoms with Crippen LogP contribution in [0.25, 0.3) is 0 Å². The van der Waals surface area contributed by atoms with Crippen LogP contribution in [0.5, 0.6) is 0 Å². The Morgan fingerprint density at radius 3 is 2.58 bits per heavy atom. The highest BCUT2D eigenvalue weighted by Crippen LogP contribution is 2.12. The molecule has 124 valence electrons. The summed E-state index contributed by atoms with van der Waals surface area (Å²) in [6.07, 6.45) is 1.58. The second-order valence-electron chi connectivity index (χ2n) is 5.55. The second-order valence-corrected chi connectivity index (χ2v) is 5.55. The molecule has 6 nitrogen and oxygen atoms in total. The zero-order valence-electron chi connectivity index (χ0n) is 14.0. The average molecular weight is 324 g/mol. The average Bonchev–Trinajstić information content (AvgIpc) is 2.55. The maximum atomic E-state index is 12.3. The first-order valence-electron chi connectivity index (χ1n) is 7.57. The summed E-state index contributed by atoms with van der Waals surface area (Å²) in [5.41, 5.74) is 2.84. The fourth-order valence-corrected chi connectivity index (χ4v) is 2.38. The van der Waals surface area contributed by atoms with Crippen molar-refractivity contribution in [1.29, 1.82) is 5.26 Å². The Balaban J connectivity index is 2.29. The molecule has 0 fully saturated rings. The summed E-state index contributed by atoms with van der Waals surface area (Å²) in [4.78, 5) is 14.2. The monoisotopic (exact) mass is 324 g/mol. The second kappa shape index (κ2) is 7.57. The number of nitrogens with zero attached hydrogens (tertiary/aromatic N) is 4. The number of aryl methyl sites for hydroxylation is 2. The van der Waals surface area contributed by atoms with Crippen LogP contribution < -0.4 is 10.5 Å². The minimum Gasteiger partial charge on any atom is -0.395 e. The van der Waals surface area contributed by atoms with Gasteiger partial charge >= 0.3 is 0 Å². The van der Waals surface area contributed by atoms with Crippen molar-refractivity contribution in [2.24, 2.45) is 5.10 Å². The first-order chi connectivity index (χ1) is 11.5. The van der Waals surface area contributed by atoms with Gasteiger partial charge < -0.3 is 10.0 Å². The molecule has 0 amide bonds. The van der Waals surface area contributed by atoms with E-state index in [1.54, 1.807) is 26.1 Å². The summed E-state index contributed by atoms with van der Waals surface area (Å²) < 4.78 is 1.23. The molecule has 0 saturated carbocycles. The minimum absolute atomic E-state index is 0.0938. The van der Waals surface area contributed by atoms with E-state index in [2.05, 4.69) is 5.10 Å². The topological polar surface area (TPSA) is 81.6 Å². The predicted octanol–water partition coefficient (Wildman–Crippen LogP) is 1.65. The number of aromatic nitrogens is 1. The SMILES string of the molecule is Cc1cc(C)n(/N=C\c2ccc(N(C)CCO)cc2)c(=O)c1C#N. The molecule has 6 heteroatoms. The van der Waals surface area contributed by atoms with E-state index in [0.29, 0.717) is 17.8 Å². The van der Waals surface area contributed by atoms with Crippen molar-refractivity contribution in [2.45, 2.75) is 13.8 Å². The molecule has 0 aliphatic heterocycles. The molecule has 0 spiro atoms. The van der Waals surface area contributed by atoms with Crippen molar-refractivity contribution in [1.82, 2.24) is 4.68 Å². The van der Waals surface area contributed by atoms with E-state index in [1.807, 2.05) is 42.3 Å². The number of hydrogen-bond acceptors (Lipinski definition) is 5. The van der Waals surface area contributed by atoms with Gasteiger partial charge in [-0.3, -0.25) is 4.79 Å². The van der Waals surface area contributed by atoms with Gasteiger partial charge in [-0.1, -0.05) is 12.1 Å². The summed E-state index contributed by atoms with van der Waals surface area (Å²) >= 11 is 0. The van der Waals surface area contributed by atoms with Gasteiger partial charge in [-0.2, -0.15) is 10.4 Å². The number of likely N-dealkylation sites (N-methyl/N-ethyl adjacent to an activating group) is 1. The van der Waals surface area contributed by atoms with E-state index in [0.717, 1.165) is 11.3 Å². The molecule has 0 aliphatic rings. The molecule has 1 aromatic carbocycles. The molecule has 24 heavy (non-hydrogen) atoms. The number of hydrogen-bond donors (Lipinski definition) is 1. The standard InChI is InChI=1S/C18H20N4O2/c1-13-10-14(2)22(18(24)17(13)11-19)20-12-15-4-6-16(7-5-15)21(3)8-9-23/h4-7,10,12,23H,8-9H2,1-3H3/b20-12-. The van der Waals surface area contributed by atoms with Crippen molar-refractivity contribution in [2.75, 3.05) is 25.1 Å². The van der Waals surface area contributed by atoms with Crippen LogP contribution in [-0.4, -0.2) is 36.2 Å². The Morgan fingerprint density at radius 1 is 1.33 bits per heavy atom. The Labute approximate surface area is 140 Å². The third kappa shape index (κ3) is 3.70. The van der Waals surface area contributed by atoms with E-state index < -0.39 is 5.56 Å². The molecule has 1 heterocycles. The maximum absolute atomic E-state index is 12.3. The Kier molecular flexibility index (Phi) is 5.51. The molecule has 0 radical (unpaired) electrons. The number of rotatable bonds is 5. The zero-order valence-corrected chi connectivity index (χ0v) is 14.0. The molecule has 0 atom stereocenters. The third-order valence-electron chi connectivity index (χ3n) is 3.76. The van der Waals surface area contributed by atoms with Crippen molar-refractivity contribution in [3.8, 4) is 6.07 Å². The first-order valence-corrected chi connectivity index (χ1v) is 7.57. The van der Waals surface area contributed by atoms with Gasteiger partial charge in [0.25, 0.3) is 5.56 Å². The van der Waals surface area contributed by atoms with Crippen LogP contribution >= 0.6 is 0 Å². The fourth-order valence-electron chi connectivity index (χ4n) is 2.38. The van der Waals surface area contributed by atoms with Gasteiger partial charge in [0, 0.05) is 25.0 Å². The van der Waals surface area contributed by atoms with Gasteiger partial charge in [-0.05, 0) is 43.2 Å². The normalized spacial score (nSPS) is 10.8. The molecular weight excluding hydrogens is 304 g/mol. The summed E-state index contributed by atoms with van der Waals surface area (Å²) in [5, 5.41) is 22.3. The van der Waals surface area contributed by atoms with Gasteiger partial charge in [0.2, 0.25) is 0 Å². The summed E-state index contributed by atoms with van der Waals surface area (Å²) in [6.45, 7) is 4.17. The van der Waals surface area contributed by atoms with E-state index in [1.165, 1.54) is 4.68 Å². The molecule has 1 N–H and O–H groups in total. The summed E-state index contributed by atoms with van der Waals surface area (Å²) in [5.74, 6) is 0. The molecule has 0 bridgehead atoms. The van der Waals surface area contributed by atoms with E-state index in [-0.39, 0.29) is 12.2 Å². The lowest BCUT2D eigenvalue weighted by Gasteiger charge is -2.17. The summed E-state index contributed by atoms with van der Waals surface area (Å²) in [6, 6.07) is 11.3. The lowest BCUT2D eigenvalue weighted by molar-refractivity contribution is 0.304. The van der Waals surface area contributed by atoms with Crippen molar-refractivity contribution in [3.05, 3.63) is 63.1 Å². The van der Waals surface area contributed by atoms with Crippen LogP contribution in [0.2, 0.25) is 0 Å². The largest absolute Gasteiger partial charge is 0.395 e. The van der Waals surface area contributed by atoms with Crippen molar-refractivity contribution in [3.63, 3.8) is 0 Å². The first kappa shape index (κ1) is 17.4. The molecule has 2 rings (SSSR count). The van der Waals surface area contributed by atoms with Gasteiger partial charge in [-0.15, -0.1) is 0 Å². The number of nitriles is 1. The van der Waals surface area contributed by atoms with Crippen LogP contribution in [-0.2, 0) is 0 Å². The minimum atomic E-state index is -0.412. The fraction of sp³-hybridized carbons (Fsp3) is 0.278. The molecular formula is C18H20N4O2. The molecule has 2 aromatic rings. The van der Waals surface area contributed by atoms with Crippen LogP contribution in [0.15, 0.2) is 40.2 Å². The number of aliphatic hydroxyl groups excluding tert-OH is 1. The molecule has 0 unspecified atom stereocenters. The highest BCUT2D eigenvalue weighted by molar-refractivity contribution is 5.80. The number of benzene rings is 1. The van der Waals surface area contributed by atoms with Crippen LogP contribution in [0.1, 0.15) is 22.4 Å². The van der Waals surface area contributed by atoms with Gasteiger partial charge in [0.1, 0.15) is 11.6 Å². The molecule has 1 aromatic heterocycles. The van der Waals surface area contributed by atoms with E-state index in [4.69, 9.17) is 10.4 Å². The van der Waals surface area contributed by atoms with Crippen LogP contribution in [0.4, 0.5) is 5.69 Å². The van der Waals surface area contributed by atoms with Gasteiger partial charge in [0.05, 0.1) is 12.8 Å². The van der Waals surface area contributed by atoms with Crippen LogP contribution in [0, 0.1) is 25.2 Å². The van der Waals surface area contributed by atoms with Gasteiger partial charge in [0.15, 0.2) is 0 Å². The smallest absolute Gasteiger partial charge is 0.289 e. The van der Waals surface area contributed by atoms with E-state index in [9.17, 15) is 4.79 Å². The zero-order chi connectivity index (χ0) is 17.7. The summed E-state index contributed by atoms with van der Waals surface area (Å²) in [7, 11) is 1.90. The highest BCUT2D eigenvalue weighted by atomic mass is 16.3. The molecule has 0 saturated heterocycles. The van der Waals surface area contributed by atoms with Crippen molar-refractivity contribution >= 4 is 11.9 Å². The number of anilines is 1. The predicted molar refractivity (Wildman–Crippen MR) is 94.7 cm³/mol. The lowest BCUT2D eigenvalue weighted by Crippen LogP contribution is -2.22. The maximum Gasteiger partial charge on any atom is 0.289 e. The van der Waals surface area contributed by atoms with Crippen molar-refractivity contribution < 1.29 is 5.11 Å². The number of pyridine rings is 1. The Bertz CT molecular complexity index is 845. The van der Waals surface area contributed by atoms with E-state index >= 15 is 0 Å². The highest BCUT2D eigenvalue weighted by Gasteiger charge is 2.08. The Morgan fingerprint density at radius 2 is 2.00 bits per heavy atom. The number of aliphatic hydroxyl groups is 1. The molecule has 0 aliphatic carbocycles. The lowest BCUT2D eigenvalue weighted by atomic mass is 10.1. The quantitative estimate of drug-likeness (QED) is 0.848. The third-order valence-corrected chi connectivity index (χ3v) is 3.76. The van der Waals surface area contributed by atoms with Crippen LogP contribution in [0.3, 0.4) is 0 Å².